The summed E-state index contributed by atoms with van der Waals surface area (Å²) >= 11 is 1.63. The van der Waals surface area contributed by atoms with Gasteiger partial charge in [0, 0.05) is 11.4 Å². The molecule has 0 aliphatic heterocycles. The third kappa shape index (κ3) is 6.91. The molecule has 3 heteroatoms. The molecule has 0 saturated carbocycles. The fourth-order valence-corrected chi connectivity index (χ4v) is 3.02. The fourth-order valence-electron chi connectivity index (χ4n) is 2.45. The van der Waals surface area contributed by atoms with Crippen LogP contribution in [-0.4, -0.2) is 12.8 Å². The molecule has 0 radical (unpaired) electrons. The van der Waals surface area contributed by atoms with Crippen LogP contribution in [-0.2, 0) is 0 Å². The summed E-state index contributed by atoms with van der Waals surface area (Å²) in [6.07, 6.45) is 12.7. The number of hydrogen-bond donors (Lipinski definition) is 1. The van der Waals surface area contributed by atoms with Gasteiger partial charge in [-0.15, -0.1) is 11.8 Å². The molecule has 0 spiro atoms. The molecule has 1 N–H and O–H groups in total. The normalized spacial score (nSPS) is 10.3. The van der Waals surface area contributed by atoms with Gasteiger partial charge in [-0.2, -0.15) is 5.26 Å². The van der Waals surface area contributed by atoms with Crippen LogP contribution >= 0.6 is 11.8 Å². The Morgan fingerprint density at radius 2 is 1.71 bits per heavy atom. The molecule has 0 fully saturated rings. The third-order valence-corrected chi connectivity index (χ3v) is 4.48. The maximum absolute atomic E-state index is 9.27. The lowest BCUT2D eigenvalue weighted by atomic mass is 10.1. The number of anilines is 1. The number of rotatable bonds is 11. The van der Waals surface area contributed by atoms with Gasteiger partial charge < -0.3 is 5.32 Å². The van der Waals surface area contributed by atoms with Gasteiger partial charge in [0.25, 0.3) is 0 Å². The zero-order chi connectivity index (χ0) is 15.3. The quantitative estimate of drug-likeness (QED) is 0.412. The maximum atomic E-state index is 9.27. The summed E-state index contributed by atoms with van der Waals surface area (Å²) in [6, 6.07) is 8.34. The predicted octanol–water partition coefficient (Wildman–Crippen LogP) is 5.83. The van der Waals surface area contributed by atoms with Crippen molar-refractivity contribution in [2.45, 2.75) is 63.2 Å². The highest BCUT2D eigenvalue weighted by molar-refractivity contribution is 7.98. The van der Waals surface area contributed by atoms with Crippen molar-refractivity contribution >= 4 is 17.4 Å². The van der Waals surface area contributed by atoms with Crippen molar-refractivity contribution < 1.29 is 0 Å². The van der Waals surface area contributed by atoms with Gasteiger partial charge in [-0.1, -0.05) is 57.9 Å². The van der Waals surface area contributed by atoms with Crippen LogP contribution in [0.5, 0.6) is 0 Å². The summed E-state index contributed by atoms with van der Waals surface area (Å²) in [4.78, 5) is 1.05. The molecular formula is C18H28N2S. The highest BCUT2D eigenvalue weighted by Crippen LogP contribution is 2.26. The molecule has 0 amide bonds. The van der Waals surface area contributed by atoms with Crippen molar-refractivity contribution in [3.05, 3.63) is 23.8 Å². The number of nitriles is 1. The second kappa shape index (κ2) is 11.5. The first-order valence-corrected chi connectivity index (χ1v) is 9.37. The first kappa shape index (κ1) is 17.9. The van der Waals surface area contributed by atoms with Gasteiger partial charge in [0.15, 0.2) is 0 Å². The predicted molar refractivity (Wildman–Crippen MR) is 94.0 cm³/mol. The number of thioether (sulfide) groups is 1. The van der Waals surface area contributed by atoms with Gasteiger partial charge in [-0.3, -0.25) is 0 Å². The monoisotopic (exact) mass is 304 g/mol. The Morgan fingerprint density at radius 1 is 1.05 bits per heavy atom. The van der Waals surface area contributed by atoms with Gasteiger partial charge in [-0.25, -0.2) is 0 Å². The Kier molecular flexibility index (Phi) is 9.82. The van der Waals surface area contributed by atoms with Gasteiger partial charge in [-0.05, 0) is 24.8 Å². The molecule has 0 unspecified atom stereocenters. The maximum Gasteiger partial charge on any atom is 0.102 e. The second-order valence-electron chi connectivity index (χ2n) is 5.40. The van der Waals surface area contributed by atoms with E-state index >= 15 is 0 Å². The molecular weight excluding hydrogens is 276 g/mol. The molecule has 1 rings (SSSR count). The highest BCUT2D eigenvalue weighted by Gasteiger charge is 2.06. The third-order valence-electron chi connectivity index (χ3n) is 3.70. The van der Waals surface area contributed by atoms with E-state index in [0.717, 1.165) is 22.7 Å². The Labute approximate surface area is 134 Å². The summed E-state index contributed by atoms with van der Waals surface area (Å²) in [5, 5.41) is 12.7. The molecule has 1 aromatic carbocycles. The van der Waals surface area contributed by atoms with E-state index in [1.54, 1.807) is 11.8 Å². The van der Waals surface area contributed by atoms with Crippen LogP contribution in [0, 0.1) is 11.3 Å². The lowest BCUT2D eigenvalue weighted by Gasteiger charge is -2.10. The van der Waals surface area contributed by atoms with Crippen molar-refractivity contribution in [3.8, 4) is 6.07 Å². The lowest BCUT2D eigenvalue weighted by Crippen LogP contribution is -2.03. The van der Waals surface area contributed by atoms with E-state index in [0.29, 0.717) is 0 Å². The molecule has 1 aromatic rings. The molecule has 21 heavy (non-hydrogen) atoms. The van der Waals surface area contributed by atoms with Gasteiger partial charge in [0.05, 0.1) is 11.3 Å². The van der Waals surface area contributed by atoms with Crippen LogP contribution in [0.4, 0.5) is 5.69 Å². The van der Waals surface area contributed by atoms with E-state index in [1.165, 1.54) is 51.4 Å². The highest BCUT2D eigenvalue weighted by atomic mass is 32.2. The van der Waals surface area contributed by atoms with Crippen LogP contribution in [0.3, 0.4) is 0 Å². The Morgan fingerprint density at radius 3 is 2.33 bits per heavy atom. The van der Waals surface area contributed by atoms with Gasteiger partial charge in [0.1, 0.15) is 6.07 Å². The molecule has 0 aliphatic carbocycles. The van der Waals surface area contributed by atoms with E-state index in [2.05, 4.69) is 18.3 Å². The number of nitrogens with zero attached hydrogens (tertiary/aromatic N) is 1. The van der Waals surface area contributed by atoms with E-state index < -0.39 is 0 Å². The zero-order valence-electron chi connectivity index (χ0n) is 13.5. The van der Waals surface area contributed by atoms with Gasteiger partial charge in [0.2, 0.25) is 0 Å². The zero-order valence-corrected chi connectivity index (χ0v) is 14.3. The number of benzene rings is 1. The molecule has 2 nitrogen and oxygen atoms in total. The van der Waals surface area contributed by atoms with Crippen LogP contribution < -0.4 is 5.32 Å². The average molecular weight is 305 g/mol. The molecule has 0 saturated heterocycles. The summed E-state index contributed by atoms with van der Waals surface area (Å²) in [7, 11) is 0. The Bertz CT molecular complexity index is 437. The molecule has 0 atom stereocenters. The van der Waals surface area contributed by atoms with E-state index in [1.807, 2.05) is 24.5 Å². The van der Waals surface area contributed by atoms with Crippen LogP contribution in [0.15, 0.2) is 23.1 Å². The number of hydrogen-bond acceptors (Lipinski definition) is 3. The van der Waals surface area contributed by atoms with Gasteiger partial charge >= 0.3 is 0 Å². The summed E-state index contributed by atoms with van der Waals surface area (Å²) in [5.41, 5.74) is 1.76. The van der Waals surface area contributed by atoms with Crippen molar-refractivity contribution in [3.63, 3.8) is 0 Å². The summed E-state index contributed by atoms with van der Waals surface area (Å²) < 4.78 is 0. The lowest BCUT2D eigenvalue weighted by molar-refractivity contribution is 0.581. The summed E-state index contributed by atoms with van der Waals surface area (Å²) in [5.74, 6) is 0. The first-order chi connectivity index (χ1) is 10.3. The van der Waals surface area contributed by atoms with Crippen LogP contribution in [0.25, 0.3) is 0 Å². The average Bonchev–Trinajstić information content (AvgIpc) is 2.52. The standard InChI is InChI=1S/C18H28N2S/c1-3-4-5-6-7-8-9-10-14-20-17-12-11-13-18(21-2)16(17)15-19/h11-13,20H,3-10,14H2,1-2H3. The minimum absolute atomic E-state index is 0.782. The fraction of sp³-hybridized carbons (Fsp3) is 0.611. The Balaban J connectivity index is 2.20. The smallest absolute Gasteiger partial charge is 0.102 e. The molecule has 0 heterocycles. The van der Waals surface area contributed by atoms with Crippen LogP contribution in [0.1, 0.15) is 63.9 Å². The second-order valence-corrected chi connectivity index (χ2v) is 6.24. The van der Waals surface area contributed by atoms with Crippen molar-refractivity contribution in [2.24, 2.45) is 0 Å². The number of unbranched alkanes of at least 4 members (excludes halogenated alkanes) is 7. The van der Waals surface area contributed by atoms with Crippen LogP contribution in [0.2, 0.25) is 0 Å². The first-order valence-electron chi connectivity index (χ1n) is 8.14. The molecule has 0 aliphatic rings. The topological polar surface area (TPSA) is 35.8 Å². The van der Waals surface area contributed by atoms with E-state index in [9.17, 15) is 5.26 Å². The minimum atomic E-state index is 0.782. The molecule has 116 valence electrons. The largest absolute Gasteiger partial charge is 0.384 e. The number of nitrogens with one attached hydrogen (secondary N) is 1. The Hall–Kier alpha value is -1.14. The van der Waals surface area contributed by atoms with Crippen molar-refractivity contribution in [2.75, 3.05) is 18.1 Å². The molecule has 0 bridgehead atoms. The van der Waals surface area contributed by atoms with Crippen molar-refractivity contribution in [1.29, 1.82) is 5.26 Å². The molecule has 0 aromatic heterocycles. The van der Waals surface area contributed by atoms with E-state index in [-0.39, 0.29) is 0 Å². The summed E-state index contributed by atoms with van der Waals surface area (Å²) in [6.45, 7) is 3.22. The van der Waals surface area contributed by atoms with E-state index in [4.69, 9.17) is 0 Å². The van der Waals surface area contributed by atoms with Crippen molar-refractivity contribution in [1.82, 2.24) is 0 Å². The minimum Gasteiger partial charge on any atom is -0.384 e. The SMILES string of the molecule is CCCCCCCCCCNc1cccc(SC)c1C#N.